The molecule has 6 nitrogen and oxygen atoms in total. The van der Waals surface area contributed by atoms with Gasteiger partial charge >= 0.3 is 0 Å². The van der Waals surface area contributed by atoms with E-state index in [1.54, 1.807) is 12.1 Å². The minimum atomic E-state index is -0.327. The summed E-state index contributed by atoms with van der Waals surface area (Å²) in [7, 11) is 0. The lowest BCUT2D eigenvalue weighted by Gasteiger charge is -2.15. The lowest BCUT2D eigenvalue weighted by molar-refractivity contribution is 0.0992. The van der Waals surface area contributed by atoms with Gasteiger partial charge < -0.3 is 14.5 Å². The van der Waals surface area contributed by atoms with Gasteiger partial charge in [0.25, 0.3) is 5.91 Å². The number of halogens is 1. The molecular formula is C28H30ClN3O3. The number of aryl methyl sites for hydroxylation is 2. The van der Waals surface area contributed by atoms with Crippen molar-refractivity contribution in [1.29, 1.82) is 0 Å². The highest BCUT2D eigenvalue weighted by Gasteiger charge is 2.18. The summed E-state index contributed by atoms with van der Waals surface area (Å²) in [4.78, 5) is 12.9. The molecule has 0 aliphatic rings. The number of nitrogens with one attached hydrogen (secondary N) is 1. The summed E-state index contributed by atoms with van der Waals surface area (Å²) in [5.41, 5.74) is 5.45. The van der Waals surface area contributed by atoms with E-state index in [9.17, 15) is 4.79 Å². The Labute approximate surface area is 210 Å². The molecule has 182 valence electrons. The Balaban J connectivity index is 1.44. The van der Waals surface area contributed by atoms with E-state index in [-0.39, 0.29) is 24.2 Å². The molecule has 4 aromatic rings. The topological polar surface area (TPSA) is 69.3 Å². The third-order valence-corrected chi connectivity index (χ3v) is 6.37. The fraction of sp³-hybridized carbons (Fsp3) is 0.286. The van der Waals surface area contributed by atoms with Crippen LogP contribution in [0, 0.1) is 20.8 Å². The number of carbonyl (C=O) groups excluding carboxylic acids is 1. The zero-order valence-corrected chi connectivity index (χ0v) is 21.4. The molecule has 1 amide bonds. The number of carbonyl (C=O) groups is 1. The molecule has 0 atom stereocenters. The summed E-state index contributed by atoms with van der Waals surface area (Å²) in [6.07, 6.45) is 0. The monoisotopic (exact) mass is 491 g/mol. The molecule has 7 heteroatoms. The first-order valence-electron chi connectivity index (χ1n) is 11.6. The van der Waals surface area contributed by atoms with Crippen molar-refractivity contribution in [1.82, 2.24) is 9.78 Å². The summed E-state index contributed by atoms with van der Waals surface area (Å²) >= 11 is 6.29. The van der Waals surface area contributed by atoms with Crippen molar-refractivity contribution in [3.63, 3.8) is 0 Å². The molecule has 4 rings (SSSR count). The quantitative estimate of drug-likeness (QED) is 0.286. The summed E-state index contributed by atoms with van der Waals surface area (Å²) in [5, 5.41) is 8.27. The van der Waals surface area contributed by atoms with Crippen LogP contribution in [0.1, 0.15) is 64.2 Å². The van der Waals surface area contributed by atoms with Gasteiger partial charge in [0.2, 0.25) is 0 Å². The number of aromatic nitrogens is 2. The number of hydrogen-bond donors (Lipinski definition) is 1. The van der Waals surface area contributed by atoms with Gasteiger partial charge in [-0.15, -0.1) is 0 Å². The third-order valence-electron chi connectivity index (χ3n) is 5.96. The van der Waals surface area contributed by atoms with Crippen LogP contribution in [0.15, 0.2) is 59.0 Å². The Kier molecular flexibility index (Phi) is 7.31. The Morgan fingerprint density at radius 1 is 1.11 bits per heavy atom. The molecule has 0 spiro atoms. The van der Waals surface area contributed by atoms with E-state index in [0.29, 0.717) is 18.0 Å². The van der Waals surface area contributed by atoms with Crippen molar-refractivity contribution < 1.29 is 13.9 Å². The lowest BCUT2D eigenvalue weighted by Crippen LogP contribution is -2.12. The van der Waals surface area contributed by atoms with Crippen LogP contribution in [0.3, 0.4) is 0 Å². The minimum absolute atomic E-state index is 0.209. The molecule has 0 bridgehead atoms. The maximum absolute atomic E-state index is 12.9. The predicted molar refractivity (Wildman–Crippen MR) is 139 cm³/mol. The van der Waals surface area contributed by atoms with Gasteiger partial charge in [-0.3, -0.25) is 9.48 Å². The number of benzene rings is 2. The normalized spacial score (nSPS) is 11.2. The molecule has 2 aromatic heterocycles. The molecule has 2 aromatic carbocycles. The number of ether oxygens (including phenoxy) is 1. The van der Waals surface area contributed by atoms with Gasteiger partial charge in [0.15, 0.2) is 5.76 Å². The van der Waals surface area contributed by atoms with Gasteiger partial charge in [-0.25, -0.2) is 0 Å². The van der Waals surface area contributed by atoms with Crippen molar-refractivity contribution in [2.45, 2.75) is 53.7 Å². The molecule has 0 aliphatic heterocycles. The second kappa shape index (κ2) is 10.4. The molecular weight excluding hydrogens is 462 g/mol. The molecule has 35 heavy (non-hydrogen) atoms. The van der Waals surface area contributed by atoms with E-state index in [4.69, 9.17) is 20.8 Å². The highest BCUT2D eigenvalue weighted by Crippen LogP contribution is 2.32. The number of anilines is 1. The maximum atomic E-state index is 12.9. The summed E-state index contributed by atoms with van der Waals surface area (Å²) in [6, 6.07) is 17.4. The summed E-state index contributed by atoms with van der Waals surface area (Å²) < 4.78 is 13.7. The molecule has 2 heterocycles. The van der Waals surface area contributed by atoms with Gasteiger partial charge in [0.1, 0.15) is 18.1 Å². The van der Waals surface area contributed by atoms with E-state index in [1.807, 2.05) is 55.8 Å². The lowest BCUT2D eigenvalue weighted by atomic mass is 10.0. The Bertz CT molecular complexity index is 1340. The molecule has 0 saturated heterocycles. The fourth-order valence-electron chi connectivity index (χ4n) is 3.94. The smallest absolute Gasteiger partial charge is 0.291 e. The Hall–Kier alpha value is -3.51. The predicted octanol–water partition coefficient (Wildman–Crippen LogP) is 7.06. The Morgan fingerprint density at radius 2 is 1.86 bits per heavy atom. The van der Waals surface area contributed by atoms with Crippen LogP contribution in [0.2, 0.25) is 5.02 Å². The van der Waals surface area contributed by atoms with Crippen molar-refractivity contribution >= 4 is 23.2 Å². The second-order valence-corrected chi connectivity index (χ2v) is 9.40. The molecule has 0 radical (unpaired) electrons. The first-order chi connectivity index (χ1) is 16.7. The number of furan rings is 1. The van der Waals surface area contributed by atoms with Gasteiger partial charge in [-0.1, -0.05) is 55.8 Å². The third kappa shape index (κ3) is 5.60. The van der Waals surface area contributed by atoms with E-state index >= 15 is 0 Å². The maximum Gasteiger partial charge on any atom is 0.291 e. The van der Waals surface area contributed by atoms with Crippen molar-refractivity contribution in [2.75, 3.05) is 5.32 Å². The van der Waals surface area contributed by atoms with Gasteiger partial charge in [0, 0.05) is 5.02 Å². The van der Waals surface area contributed by atoms with Crippen molar-refractivity contribution in [2.24, 2.45) is 0 Å². The molecule has 0 saturated carbocycles. The first kappa shape index (κ1) is 24.6. The van der Waals surface area contributed by atoms with E-state index in [1.165, 1.54) is 0 Å². The van der Waals surface area contributed by atoms with Crippen LogP contribution in [-0.2, 0) is 13.2 Å². The number of rotatable bonds is 8. The standard InChI is InChI=1S/C28H30ClN3O3/c1-17(2)23-14-24(29)18(3)13-26(23)34-16-22-11-12-25(35-22)28(33)30-27-19(4)31-32(20(27)5)15-21-9-7-6-8-10-21/h6-14,17H,15-16H2,1-5H3,(H,30,33). The highest BCUT2D eigenvalue weighted by atomic mass is 35.5. The Morgan fingerprint density at radius 3 is 2.57 bits per heavy atom. The largest absolute Gasteiger partial charge is 0.485 e. The van der Waals surface area contributed by atoms with Crippen LogP contribution in [0.5, 0.6) is 5.75 Å². The van der Waals surface area contributed by atoms with E-state index in [2.05, 4.69) is 36.4 Å². The average molecular weight is 492 g/mol. The van der Waals surface area contributed by atoms with Crippen molar-refractivity contribution in [3.05, 3.63) is 99.2 Å². The van der Waals surface area contributed by atoms with Crippen LogP contribution in [0.4, 0.5) is 5.69 Å². The van der Waals surface area contributed by atoms with Crippen LogP contribution in [-0.4, -0.2) is 15.7 Å². The first-order valence-corrected chi connectivity index (χ1v) is 12.0. The van der Waals surface area contributed by atoms with E-state index in [0.717, 1.165) is 38.9 Å². The van der Waals surface area contributed by atoms with Crippen molar-refractivity contribution in [3.8, 4) is 5.75 Å². The summed E-state index contributed by atoms with van der Waals surface area (Å²) in [6.45, 7) is 10.8. The number of amides is 1. The highest BCUT2D eigenvalue weighted by molar-refractivity contribution is 6.31. The zero-order valence-electron chi connectivity index (χ0n) is 20.7. The second-order valence-electron chi connectivity index (χ2n) is 8.99. The summed E-state index contributed by atoms with van der Waals surface area (Å²) in [5.74, 6) is 1.48. The van der Waals surface area contributed by atoms with Crippen LogP contribution >= 0.6 is 11.6 Å². The SMILES string of the molecule is Cc1cc(OCc2ccc(C(=O)Nc3c(C)nn(Cc4ccccc4)c3C)o2)c(C(C)C)cc1Cl. The average Bonchev–Trinajstić information content (AvgIpc) is 3.40. The van der Waals surface area contributed by atoms with Crippen LogP contribution < -0.4 is 10.1 Å². The molecule has 0 unspecified atom stereocenters. The fourth-order valence-corrected chi connectivity index (χ4v) is 4.11. The number of nitrogens with zero attached hydrogens (tertiary/aromatic N) is 2. The van der Waals surface area contributed by atoms with Crippen LogP contribution in [0.25, 0.3) is 0 Å². The van der Waals surface area contributed by atoms with Gasteiger partial charge in [-0.05, 0) is 67.6 Å². The molecule has 0 fully saturated rings. The molecule has 0 aliphatic carbocycles. The molecule has 1 N–H and O–H groups in total. The zero-order chi connectivity index (χ0) is 25.1. The number of hydrogen-bond acceptors (Lipinski definition) is 4. The minimum Gasteiger partial charge on any atom is -0.485 e. The van der Waals surface area contributed by atoms with Gasteiger partial charge in [-0.2, -0.15) is 5.10 Å². The van der Waals surface area contributed by atoms with E-state index < -0.39 is 0 Å². The van der Waals surface area contributed by atoms with Gasteiger partial charge in [0.05, 0.1) is 23.6 Å².